The number of hydrogen-bond donors (Lipinski definition) is 1. The van der Waals surface area contributed by atoms with Crippen LogP contribution in [0, 0.1) is 0 Å². The number of ketones is 1. The van der Waals surface area contributed by atoms with Gasteiger partial charge in [0.25, 0.3) is 0 Å². The van der Waals surface area contributed by atoms with E-state index in [0.29, 0.717) is 46.9 Å². The summed E-state index contributed by atoms with van der Waals surface area (Å²) in [6, 6.07) is 14.0. The number of rotatable bonds is 6. The van der Waals surface area contributed by atoms with Crippen LogP contribution in [0.1, 0.15) is 37.7 Å². The fraction of sp³-hybridized carbons (Fsp3) is 0.250. The molecule has 5 rings (SSSR count). The second-order valence-corrected chi connectivity index (χ2v) is 9.16. The number of fused-ring (bicyclic) bond motifs is 1. The fourth-order valence-corrected chi connectivity index (χ4v) is 4.94. The Kier molecular flexibility index (Phi) is 6.65. The van der Waals surface area contributed by atoms with Crippen molar-refractivity contribution in [3.05, 3.63) is 98.1 Å². The van der Waals surface area contributed by atoms with Crippen LogP contribution in [-0.4, -0.2) is 25.0 Å². The number of hydrogen-bond acceptors (Lipinski definition) is 7. The summed E-state index contributed by atoms with van der Waals surface area (Å²) < 4.78 is 16.9. The average Bonchev–Trinajstić information content (AvgIpc) is 2.87. The fourth-order valence-electron chi connectivity index (χ4n) is 4.77. The molecule has 0 radical (unpaired) electrons. The van der Waals surface area contributed by atoms with Crippen molar-refractivity contribution < 1.29 is 23.5 Å². The second kappa shape index (κ2) is 10.0. The Hall–Kier alpha value is -3.84. The Balaban J connectivity index is 1.50. The molecule has 8 heteroatoms. The molecule has 0 spiro atoms. The summed E-state index contributed by atoms with van der Waals surface area (Å²) in [5.74, 6) is -0.978. The molecule has 0 saturated carbocycles. The highest BCUT2D eigenvalue weighted by molar-refractivity contribution is 6.31. The van der Waals surface area contributed by atoms with Gasteiger partial charge in [0.2, 0.25) is 0 Å². The van der Waals surface area contributed by atoms with Crippen molar-refractivity contribution in [3.8, 4) is 5.75 Å². The minimum Gasteiger partial charge on any atom is -0.490 e. The van der Waals surface area contributed by atoms with Gasteiger partial charge in [0.1, 0.15) is 24.5 Å². The van der Waals surface area contributed by atoms with Gasteiger partial charge in [0.15, 0.2) is 11.2 Å². The van der Waals surface area contributed by atoms with E-state index in [1.54, 1.807) is 19.1 Å². The molecule has 1 aliphatic carbocycles. The van der Waals surface area contributed by atoms with Gasteiger partial charge in [-0.1, -0.05) is 29.8 Å². The van der Waals surface area contributed by atoms with Crippen LogP contribution >= 0.6 is 11.6 Å². The van der Waals surface area contributed by atoms with Crippen LogP contribution < -0.4 is 15.5 Å². The molecule has 2 heterocycles. The molecule has 0 fully saturated rings. The van der Waals surface area contributed by atoms with E-state index < -0.39 is 11.9 Å². The SMILES string of the molecule is CC1=C(C(=O)OCCOc2ccccc2)[C@@H](c2coc3ccc(Cl)cc3c2=O)C2=C(CCCC2=O)N1. The zero-order valence-corrected chi connectivity index (χ0v) is 20.4. The molecular formula is C28H24ClNO6. The van der Waals surface area contributed by atoms with Crippen LogP contribution in [-0.2, 0) is 14.3 Å². The summed E-state index contributed by atoms with van der Waals surface area (Å²) in [5, 5.41) is 3.88. The number of carbonyl (C=O) groups is 2. The van der Waals surface area contributed by atoms with Crippen LogP contribution in [0.2, 0.25) is 5.02 Å². The third-order valence-electron chi connectivity index (χ3n) is 6.40. The van der Waals surface area contributed by atoms with Crippen molar-refractivity contribution in [2.24, 2.45) is 0 Å². The first-order valence-electron chi connectivity index (χ1n) is 11.7. The maximum Gasteiger partial charge on any atom is 0.336 e. The zero-order chi connectivity index (χ0) is 25.2. The summed E-state index contributed by atoms with van der Waals surface area (Å²) in [7, 11) is 0. The Labute approximate surface area is 212 Å². The van der Waals surface area contributed by atoms with Crippen molar-refractivity contribution in [2.75, 3.05) is 13.2 Å². The number of benzene rings is 2. The number of ether oxygens (including phenoxy) is 2. The standard InChI is InChI=1S/C28H24ClNO6/c1-16-24(28(33)35-13-12-34-18-6-3-2-4-7-18)25(26-21(30-16)8-5-9-22(26)31)20-15-36-23-11-10-17(29)14-19(23)27(20)32/h2-4,6-7,10-11,14-15,25,30H,5,8-9,12-13H2,1H3/t25-/m1/s1. The molecule has 1 atom stereocenters. The molecule has 36 heavy (non-hydrogen) atoms. The van der Waals surface area contributed by atoms with Gasteiger partial charge in [-0.15, -0.1) is 0 Å². The Morgan fingerprint density at radius 1 is 1.11 bits per heavy atom. The van der Waals surface area contributed by atoms with Gasteiger partial charge in [-0.2, -0.15) is 0 Å². The third-order valence-corrected chi connectivity index (χ3v) is 6.63. The van der Waals surface area contributed by atoms with E-state index in [4.69, 9.17) is 25.5 Å². The maximum absolute atomic E-state index is 13.6. The Morgan fingerprint density at radius 3 is 2.72 bits per heavy atom. The van der Waals surface area contributed by atoms with E-state index >= 15 is 0 Å². The van der Waals surface area contributed by atoms with Gasteiger partial charge in [-0.25, -0.2) is 4.79 Å². The second-order valence-electron chi connectivity index (χ2n) is 8.72. The van der Waals surface area contributed by atoms with Crippen LogP contribution in [0.15, 0.2) is 86.5 Å². The highest BCUT2D eigenvalue weighted by Crippen LogP contribution is 2.42. The topological polar surface area (TPSA) is 94.8 Å². The van der Waals surface area contributed by atoms with Crippen LogP contribution in [0.25, 0.3) is 11.0 Å². The normalized spacial score (nSPS) is 17.6. The van der Waals surface area contributed by atoms with Crippen molar-refractivity contribution in [1.29, 1.82) is 0 Å². The molecule has 0 unspecified atom stereocenters. The zero-order valence-electron chi connectivity index (χ0n) is 19.6. The summed E-state index contributed by atoms with van der Waals surface area (Å²) in [6.07, 6.45) is 3.02. The van der Waals surface area contributed by atoms with Crippen molar-refractivity contribution in [1.82, 2.24) is 5.32 Å². The number of allylic oxidation sites excluding steroid dienone is 3. The Bertz CT molecular complexity index is 1470. The molecule has 0 amide bonds. The van der Waals surface area contributed by atoms with Gasteiger partial charge < -0.3 is 19.2 Å². The molecule has 3 aromatic rings. The lowest BCUT2D eigenvalue weighted by Gasteiger charge is -2.33. The predicted octanol–water partition coefficient (Wildman–Crippen LogP) is 5.04. The molecule has 1 aliphatic heterocycles. The highest BCUT2D eigenvalue weighted by Gasteiger charge is 2.40. The van der Waals surface area contributed by atoms with E-state index in [1.807, 2.05) is 30.3 Å². The lowest BCUT2D eigenvalue weighted by atomic mass is 9.75. The third kappa shape index (κ3) is 4.54. The first-order valence-corrected chi connectivity index (χ1v) is 12.1. The van der Waals surface area contributed by atoms with Crippen LogP contribution in [0.3, 0.4) is 0 Å². The number of halogens is 1. The minimum atomic E-state index is -0.906. The maximum atomic E-state index is 13.6. The van der Waals surface area contributed by atoms with Gasteiger partial charge in [-0.05, 0) is 50.1 Å². The molecule has 0 saturated heterocycles. The summed E-state index contributed by atoms with van der Waals surface area (Å²) >= 11 is 6.13. The van der Waals surface area contributed by atoms with Gasteiger partial charge in [-0.3, -0.25) is 9.59 Å². The van der Waals surface area contributed by atoms with Gasteiger partial charge in [0, 0.05) is 34.0 Å². The highest BCUT2D eigenvalue weighted by atomic mass is 35.5. The summed E-state index contributed by atoms with van der Waals surface area (Å²) in [4.78, 5) is 40.0. The van der Waals surface area contributed by atoms with Crippen molar-refractivity contribution >= 4 is 34.3 Å². The average molecular weight is 506 g/mol. The molecule has 2 aliphatic rings. The molecule has 0 bridgehead atoms. The minimum absolute atomic E-state index is 0.000978. The van der Waals surface area contributed by atoms with Crippen LogP contribution in [0.4, 0.5) is 0 Å². The van der Waals surface area contributed by atoms with Gasteiger partial charge in [0.05, 0.1) is 23.1 Å². The monoisotopic (exact) mass is 505 g/mol. The van der Waals surface area contributed by atoms with Gasteiger partial charge >= 0.3 is 5.97 Å². The van der Waals surface area contributed by atoms with E-state index in [1.165, 1.54) is 12.3 Å². The van der Waals surface area contributed by atoms with E-state index in [2.05, 4.69) is 5.32 Å². The number of Topliss-reactive ketones (excluding diaryl/α,β-unsaturated/α-hetero) is 1. The summed E-state index contributed by atoms with van der Waals surface area (Å²) in [6.45, 7) is 1.90. The number of dihydropyridines is 1. The smallest absolute Gasteiger partial charge is 0.336 e. The molecule has 184 valence electrons. The molecule has 2 aromatic carbocycles. The molecule has 7 nitrogen and oxygen atoms in total. The van der Waals surface area contributed by atoms with E-state index in [9.17, 15) is 14.4 Å². The molecule has 1 aromatic heterocycles. The van der Waals surface area contributed by atoms with Crippen LogP contribution in [0.5, 0.6) is 5.75 Å². The van der Waals surface area contributed by atoms with Crippen molar-refractivity contribution in [3.63, 3.8) is 0 Å². The molecule has 1 N–H and O–H groups in total. The number of para-hydroxylation sites is 1. The number of esters is 1. The Morgan fingerprint density at radius 2 is 1.92 bits per heavy atom. The number of carbonyl (C=O) groups excluding carboxylic acids is 2. The lowest BCUT2D eigenvalue weighted by molar-refractivity contribution is -0.140. The largest absolute Gasteiger partial charge is 0.490 e. The van der Waals surface area contributed by atoms with E-state index in [-0.39, 0.29) is 40.9 Å². The quantitative estimate of drug-likeness (QED) is 0.370. The van der Waals surface area contributed by atoms with Crippen molar-refractivity contribution in [2.45, 2.75) is 32.1 Å². The number of nitrogens with one attached hydrogen (secondary N) is 1. The first-order chi connectivity index (χ1) is 17.4. The first kappa shape index (κ1) is 23.9. The summed E-state index contributed by atoms with van der Waals surface area (Å²) in [5.41, 5.74) is 2.10. The molecular weight excluding hydrogens is 482 g/mol. The van der Waals surface area contributed by atoms with E-state index in [0.717, 1.165) is 5.70 Å². The lowest BCUT2D eigenvalue weighted by Crippen LogP contribution is -2.36. The predicted molar refractivity (Wildman–Crippen MR) is 135 cm³/mol.